The van der Waals surface area contributed by atoms with Crippen molar-refractivity contribution >= 4 is 18.3 Å². The van der Waals surface area contributed by atoms with Gasteiger partial charge in [0.25, 0.3) is 0 Å². The third kappa shape index (κ3) is 3.45. The maximum Gasteiger partial charge on any atom is 0.411 e. The highest BCUT2D eigenvalue weighted by Crippen LogP contribution is 2.35. The van der Waals surface area contributed by atoms with Crippen molar-refractivity contribution < 1.29 is 24.2 Å². The van der Waals surface area contributed by atoms with E-state index in [4.69, 9.17) is 4.74 Å². The third-order valence-electron chi connectivity index (χ3n) is 3.18. The van der Waals surface area contributed by atoms with Crippen LogP contribution in [0.4, 0.5) is 4.79 Å². The molecule has 108 valence electrons. The van der Waals surface area contributed by atoms with Crippen LogP contribution in [0, 0.1) is 0 Å². The molecule has 6 nitrogen and oxygen atoms in total. The van der Waals surface area contributed by atoms with Gasteiger partial charge in [0.1, 0.15) is 17.4 Å². The molecule has 1 aliphatic heterocycles. The van der Waals surface area contributed by atoms with Gasteiger partial charge in [-0.15, -0.1) is 0 Å². The van der Waals surface area contributed by atoms with E-state index in [0.29, 0.717) is 25.7 Å². The molecule has 0 saturated carbocycles. The molecule has 19 heavy (non-hydrogen) atoms. The molecule has 0 bridgehead atoms. The normalized spacial score (nSPS) is 23.2. The Morgan fingerprint density at radius 1 is 1.42 bits per heavy atom. The predicted octanol–water partition coefficient (Wildman–Crippen LogP) is 1.82. The number of carboxylic acid groups (broad SMARTS) is 1. The maximum absolute atomic E-state index is 12.1. The van der Waals surface area contributed by atoms with E-state index in [2.05, 4.69) is 0 Å². The average molecular weight is 271 g/mol. The smallest absolute Gasteiger partial charge is 0.411 e. The van der Waals surface area contributed by atoms with Gasteiger partial charge in [-0.25, -0.2) is 9.59 Å². The molecule has 1 heterocycles. The third-order valence-corrected chi connectivity index (χ3v) is 3.18. The van der Waals surface area contributed by atoms with Crippen LogP contribution in [0.15, 0.2) is 0 Å². The number of aliphatic carboxylic acids is 1. The lowest BCUT2D eigenvalue weighted by atomic mass is 9.91. The first-order valence-electron chi connectivity index (χ1n) is 6.40. The highest BCUT2D eigenvalue weighted by Gasteiger charge is 2.50. The van der Waals surface area contributed by atoms with Crippen molar-refractivity contribution in [2.75, 3.05) is 6.54 Å². The zero-order valence-electron chi connectivity index (χ0n) is 11.6. The van der Waals surface area contributed by atoms with E-state index in [9.17, 15) is 19.5 Å². The minimum Gasteiger partial charge on any atom is -0.479 e. The van der Waals surface area contributed by atoms with Crippen LogP contribution in [0.25, 0.3) is 0 Å². The lowest BCUT2D eigenvalue weighted by Crippen LogP contribution is -2.54. The van der Waals surface area contributed by atoms with E-state index in [1.165, 1.54) is 4.90 Å². The Hall–Kier alpha value is -1.59. The zero-order chi connectivity index (χ0) is 14.7. The molecule has 1 saturated heterocycles. The Labute approximate surface area is 112 Å². The van der Waals surface area contributed by atoms with Gasteiger partial charge in [0.15, 0.2) is 0 Å². The highest BCUT2D eigenvalue weighted by atomic mass is 16.6. The van der Waals surface area contributed by atoms with E-state index in [1.54, 1.807) is 20.8 Å². The Morgan fingerprint density at radius 3 is 2.53 bits per heavy atom. The SMILES string of the molecule is CC(C)(C)OC(=O)N1CCCC1(CCC=O)C(=O)O. The number of aldehydes is 1. The standard InChI is InChI=1S/C13H21NO5/c1-12(2,3)19-11(18)14-8-4-6-13(14,10(16)17)7-5-9-15/h9H,4-8H2,1-3H3,(H,16,17). The van der Waals surface area contributed by atoms with E-state index >= 15 is 0 Å². The predicted molar refractivity (Wildman–Crippen MR) is 67.8 cm³/mol. The second-order valence-electron chi connectivity index (χ2n) is 5.78. The summed E-state index contributed by atoms with van der Waals surface area (Å²) in [5.41, 5.74) is -1.97. The van der Waals surface area contributed by atoms with Gasteiger partial charge in [-0.05, 0) is 40.0 Å². The fourth-order valence-electron chi connectivity index (χ4n) is 2.35. The Balaban J connectivity index is 2.93. The molecule has 0 aromatic carbocycles. The number of carbonyl (C=O) groups excluding carboxylic acids is 2. The number of rotatable bonds is 4. The molecular formula is C13H21NO5. The van der Waals surface area contributed by atoms with E-state index in [0.717, 1.165) is 0 Å². The number of ether oxygens (including phenoxy) is 1. The first kappa shape index (κ1) is 15.5. The van der Waals surface area contributed by atoms with Crippen LogP contribution in [-0.4, -0.2) is 46.0 Å². The number of likely N-dealkylation sites (tertiary alicyclic amines) is 1. The van der Waals surface area contributed by atoms with Crippen molar-refractivity contribution in [1.82, 2.24) is 4.90 Å². The number of nitrogens with zero attached hydrogens (tertiary/aromatic N) is 1. The molecule has 1 unspecified atom stereocenters. The van der Waals surface area contributed by atoms with Crippen molar-refractivity contribution in [2.45, 2.75) is 57.6 Å². The summed E-state index contributed by atoms with van der Waals surface area (Å²) in [4.78, 5) is 35.4. The summed E-state index contributed by atoms with van der Waals surface area (Å²) in [6.45, 7) is 5.54. The zero-order valence-corrected chi connectivity index (χ0v) is 11.6. The summed E-state index contributed by atoms with van der Waals surface area (Å²) in [5, 5.41) is 9.44. The number of carbonyl (C=O) groups is 3. The fraction of sp³-hybridized carbons (Fsp3) is 0.769. The quantitative estimate of drug-likeness (QED) is 0.788. The lowest BCUT2D eigenvalue weighted by molar-refractivity contribution is -0.150. The molecule has 1 atom stereocenters. The van der Waals surface area contributed by atoms with Crippen molar-refractivity contribution in [3.8, 4) is 0 Å². The summed E-state index contributed by atoms with van der Waals surface area (Å²) < 4.78 is 5.24. The van der Waals surface area contributed by atoms with Gasteiger partial charge in [-0.2, -0.15) is 0 Å². The highest BCUT2D eigenvalue weighted by molar-refractivity contribution is 5.85. The van der Waals surface area contributed by atoms with Gasteiger partial charge in [0, 0.05) is 13.0 Å². The van der Waals surface area contributed by atoms with Crippen molar-refractivity contribution in [3.05, 3.63) is 0 Å². The number of amides is 1. The molecule has 6 heteroatoms. The van der Waals surface area contributed by atoms with Gasteiger partial charge in [0.2, 0.25) is 0 Å². The lowest BCUT2D eigenvalue weighted by Gasteiger charge is -2.35. The molecule has 1 amide bonds. The van der Waals surface area contributed by atoms with Crippen LogP contribution < -0.4 is 0 Å². The molecule has 0 spiro atoms. The second kappa shape index (κ2) is 5.59. The van der Waals surface area contributed by atoms with E-state index < -0.39 is 23.2 Å². The van der Waals surface area contributed by atoms with Gasteiger partial charge >= 0.3 is 12.1 Å². The molecular weight excluding hydrogens is 250 g/mol. The largest absolute Gasteiger partial charge is 0.479 e. The molecule has 1 aliphatic rings. The van der Waals surface area contributed by atoms with Crippen molar-refractivity contribution in [2.24, 2.45) is 0 Å². The van der Waals surface area contributed by atoms with Crippen LogP contribution in [0.2, 0.25) is 0 Å². The van der Waals surface area contributed by atoms with Gasteiger partial charge in [-0.1, -0.05) is 0 Å². The average Bonchev–Trinajstić information content (AvgIpc) is 2.69. The summed E-state index contributed by atoms with van der Waals surface area (Å²) in [6.07, 6.45) is 1.26. The monoisotopic (exact) mass is 271 g/mol. The number of carboxylic acids is 1. The minimum atomic E-state index is -1.30. The van der Waals surface area contributed by atoms with Crippen LogP contribution in [0.5, 0.6) is 0 Å². The van der Waals surface area contributed by atoms with Gasteiger partial charge in [-0.3, -0.25) is 4.90 Å². The first-order chi connectivity index (χ1) is 8.73. The Bertz CT molecular complexity index is 374. The fourth-order valence-corrected chi connectivity index (χ4v) is 2.35. The Morgan fingerprint density at radius 2 is 2.05 bits per heavy atom. The van der Waals surface area contributed by atoms with Crippen LogP contribution in [0.1, 0.15) is 46.5 Å². The molecule has 1 rings (SSSR count). The topological polar surface area (TPSA) is 83.9 Å². The van der Waals surface area contributed by atoms with Crippen LogP contribution in [0.3, 0.4) is 0 Å². The van der Waals surface area contributed by atoms with Crippen molar-refractivity contribution in [1.29, 1.82) is 0 Å². The summed E-state index contributed by atoms with van der Waals surface area (Å²) in [7, 11) is 0. The molecule has 0 aromatic rings. The molecule has 1 N–H and O–H groups in total. The molecule has 1 fully saturated rings. The van der Waals surface area contributed by atoms with Gasteiger partial charge < -0.3 is 14.6 Å². The summed E-state index contributed by atoms with van der Waals surface area (Å²) in [6, 6.07) is 0. The summed E-state index contributed by atoms with van der Waals surface area (Å²) in [5.74, 6) is -1.07. The number of hydrogen-bond acceptors (Lipinski definition) is 4. The van der Waals surface area contributed by atoms with Gasteiger partial charge in [0.05, 0.1) is 0 Å². The van der Waals surface area contributed by atoms with Crippen LogP contribution in [-0.2, 0) is 14.3 Å². The molecule has 0 radical (unpaired) electrons. The first-order valence-corrected chi connectivity index (χ1v) is 6.40. The minimum absolute atomic E-state index is 0.117. The Kier molecular flexibility index (Phi) is 4.55. The van der Waals surface area contributed by atoms with E-state index in [1.807, 2.05) is 0 Å². The van der Waals surface area contributed by atoms with Crippen molar-refractivity contribution in [3.63, 3.8) is 0 Å². The maximum atomic E-state index is 12.1. The van der Waals surface area contributed by atoms with Crippen LogP contribution >= 0.6 is 0 Å². The second-order valence-corrected chi connectivity index (χ2v) is 5.78. The molecule has 0 aliphatic carbocycles. The summed E-state index contributed by atoms with van der Waals surface area (Å²) >= 11 is 0. The molecule has 0 aromatic heterocycles. The van der Waals surface area contributed by atoms with E-state index in [-0.39, 0.29) is 12.8 Å². The number of hydrogen-bond donors (Lipinski definition) is 1.